The Morgan fingerprint density at radius 3 is 2.88 bits per heavy atom. The SMILES string of the molecule is CCSc1ncnn1CC1(c2cccc(F)c2)OC1c1cccc(Cl)c1. The zero-order valence-electron chi connectivity index (χ0n) is 14.1. The minimum absolute atomic E-state index is 0.216. The largest absolute Gasteiger partial charge is 0.354 e. The summed E-state index contributed by atoms with van der Waals surface area (Å²) in [7, 11) is 0. The molecule has 2 unspecified atom stereocenters. The third kappa shape index (κ3) is 3.24. The van der Waals surface area contributed by atoms with Gasteiger partial charge in [-0.3, -0.25) is 0 Å². The second-order valence-electron chi connectivity index (χ2n) is 6.09. The number of hydrogen-bond donors (Lipinski definition) is 0. The fourth-order valence-electron chi connectivity index (χ4n) is 3.19. The van der Waals surface area contributed by atoms with Crippen molar-refractivity contribution in [2.45, 2.75) is 30.3 Å². The van der Waals surface area contributed by atoms with Crippen LogP contribution in [0.5, 0.6) is 0 Å². The highest BCUT2D eigenvalue weighted by atomic mass is 35.5. The van der Waals surface area contributed by atoms with Crippen LogP contribution in [0.25, 0.3) is 0 Å². The number of rotatable bonds is 6. The molecule has 3 aromatic rings. The van der Waals surface area contributed by atoms with E-state index in [1.165, 1.54) is 18.5 Å². The van der Waals surface area contributed by atoms with Gasteiger partial charge in [0.15, 0.2) is 5.16 Å². The van der Waals surface area contributed by atoms with Crippen molar-refractivity contribution in [2.75, 3.05) is 5.75 Å². The molecule has 2 heterocycles. The molecule has 1 saturated heterocycles. The normalized spacial score (nSPS) is 21.7. The molecular weight excluding hydrogens is 373 g/mol. The second-order valence-corrected chi connectivity index (χ2v) is 7.75. The van der Waals surface area contributed by atoms with E-state index in [1.54, 1.807) is 17.8 Å². The molecule has 1 fully saturated rings. The highest BCUT2D eigenvalue weighted by molar-refractivity contribution is 7.99. The topological polar surface area (TPSA) is 43.2 Å². The lowest BCUT2D eigenvalue weighted by atomic mass is 9.91. The first-order valence-electron chi connectivity index (χ1n) is 8.32. The molecule has 1 aliphatic heterocycles. The van der Waals surface area contributed by atoms with Crippen LogP contribution < -0.4 is 0 Å². The summed E-state index contributed by atoms with van der Waals surface area (Å²) in [5.74, 6) is 0.605. The minimum atomic E-state index is -0.691. The predicted molar refractivity (Wildman–Crippen MR) is 99.8 cm³/mol. The summed E-state index contributed by atoms with van der Waals surface area (Å²) in [6, 6.07) is 14.1. The van der Waals surface area contributed by atoms with Crippen molar-refractivity contribution in [1.29, 1.82) is 0 Å². The molecule has 0 saturated carbocycles. The lowest BCUT2D eigenvalue weighted by Crippen LogP contribution is -2.20. The first-order chi connectivity index (χ1) is 12.6. The average molecular weight is 390 g/mol. The molecule has 4 rings (SSSR count). The van der Waals surface area contributed by atoms with Crippen LogP contribution in [0.2, 0.25) is 5.02 Å². The number of epoxide rings is 1. The molecule has 1 aromatic heterocycles. The number of halogens is 2. The van der Waals surface area contributed by atoms with Gasteiger partial charge in [0, 0.05) is 5.02 Å². The monoisotopic (exact) mass is 389 g/mol. The van der Waals surface area contributed by atoms with E-state index in [4.69, 9.17) is 16.3 Å². The van der Waals surface area contributed by atoms with Gasteiger partial charge in [0.05, 0.1) is 6.54 Å². The van der Waals surface area contributed by atoms with Crippen LogP contribution in [-0.4, -0.2) is 20.5 Å². The summed E-state index contributed by atoms with van der Waals surface area (Å²) < 4.78 is 21.9. The third-order valence-electron chi connectivity index (χ3n) is 4.40. The Kier molecular flexibility index (Phi) is 4.73. The predicted octanol–water partition coefficient (Wildman–Crippen LogP) is 4.85. The molecular formula is C19H17ClFN3OS. The standard InChI is InChI=1S/C19H17ClFN3OS/c1-2-26-18-22-12-23-24(18)11-19(14-6-4-8-16(21)10-14)17(25-19)13-5-3-7-15(20)9-13/h3-10,12,17H,2,11H2,1H3. The van der Waals surface area contributed by atoms with Gasteiger partial charge in [0.25, 0.3) is 0 Å². The van der Waals surface area contributed by atoms with Gasteiger partial charge in [0.2, 0.25) is 0 Å². The summed E-state index contributed by atoms with van der Waals surface area (Å²) >= 11 is 7.76. The van der Waals surface area contributed by atoms with Gasteiger partial charge in [-0.2, -0.15) is 5.10 Å². The lowest BCUT2D eigenvalue weighted by Gasteiger charge is -2.15. The molecule has 1 aliphatic rings. The molecule has 7 heteroatoms. The lowest BCUT2D eigenvalue weighted by molar-refractivity contribution is 0.256. The van der Waals surface area contributed by atoms with Crippen molar-refractivity contribution in [3.63, 3.8) is 0 Å². The van der Waals surface area contributed by atoms with Crippen LogP contribution in [0.3, 0.4) is 0 Å². The maximum atomic E-state index is 13.9. The molecule has 0 radical (unpaired) electrons. The fraction of sp³-hybridized carbons (Fsp3) is 0.263. The molecule has 0 amide bonds. The Morgan fingerprint density at radius 1 is 1.27 bits per heavy atom. The Labute approximate surface area is 160 Å². The van der Waals surface area contributed by atoms with E-state index in [0.29, 0.717) is 11.6 Å². The van der Waals surface area contributed by atoms with Gasteiger partial charge >= 0.3 is 0 Å². The molecule has 4 nitrogen and oxygen atoms in total. The summed E-state index contributed by atoms with van der Waals surface area (Å²) in [4.78, 5) is 4.31. The van der Waals surface area contributed by atoms with E-state index in [2.05, 4.69) is 17.0 Å². The van der Waals surface area contributed by atoms with Crippen LogP contribution in [0.15, 0.2) is 60.0 Å². The molecule has 134 valence electrons. The van der Waals surface area contributed by atoms with E-state index in [-0.39, 0.29) is 11.9 Å². The number of thioether (sulfide) groups is 1. The zero-order valence-corrected chi connectivity index (χ0v) is 15.7. The second kappa shape index (κ2) is 7.02. The van der Waals surface area contributed by atoms with Crippen molar-refractivity contribution >= 4 is 23.4 Å². The molecule has 0 aliphatic carbocycles. The van der Waals surface area contributed by atoms with E-state index < -0.39 is 5.60 Å². The van der Waals surface area contributed by atoms with E-state index >= 15 is 0 Å². The maximum Gasteiger partial charge on any atom is 0.186 e. The Balaban J connectivity index is 1.73. The first-order valence-corrected chi connectivity index (χ1v) is 9.68. The van der Waals surface area contributed by atoms with E-state index in [1.807, 2.05) is 35.0 Å². The summed E-state index contributed by atoms with van der Waals surface area (Å²) in [5, 5.41) is 5.81. The quantitative estimate of drug-likeness (QED) is 0.446. The Morgan fingerprint density at radius 2 is 2.12 bits per heavy atom. The van der Waals surface area contributed by atoms with E-state index in [0.717, 1.165) is 22.0 Å². The van der Waals surface area contributed by atoms with E-state index in [9.17, 15) is 4.39 Å². The van der Waals surface area contributed by atoms with Gasteiger partial charge in [-0.25, -0.2) is 14.1 Å². The summed E-state index contributed by atoms with van der Waals surface area (Å²) in [6.45, 7) is 2.52. The third-order valence-corrected chi connectivity index (χ3v) is 5.50. The van der Waals surface area contributed by atoms with Gasteiger partial charge in [-0.1, -0.05) is 54.6 Å². The summed E-state index contributed by atoms with van der Waals surface area (Å²) in [6.07, 6.45) is 1.32. The zero-order chi connectivity index (χ0) is 18.1. The minimum Gasteiger partial charge on any atom is -0.354 e. The van der Waals surface area contributed by atoms with Gasteiger partial charge < -0.3 is 4.74 Å². The highest BCUT2D eigenvalue weighted by Crippen LogP contribution is 2.58. The number of benzene rings is 2. The number of aromatic nitrogens is 3. The number of nitrogens with zero attached hydrogens (tertiary/aromatic N) is 3. The van der Waals surface area contributed by atoms with Crippen LogP contribution in [0.4, 0.5) is 4.39 Å². The number of hydrogen-bond acceptors (Lipinski definition) is 4. The van der Waals surface area contributed by atoms with Crippen LogP contribution >= 0.6 is 23.4 Å². The van der Waals surface area contributed by atoms with Crippen LogP contribution in [0, 0.1) is 5.82 Å². The molecule has 0 spiro atoms. The van der Waals surface area contributed by atoms with Crippen molar-refractivity contribution in [3.05, 3.63) is 76.8 Å². The molecule has 2 atom stereocenters. The Bertz CT molecular complexity index is 934. The van der Waals surface area contributed by atoms with Crippen molar-refractivity contribution in [2.24, 2.45) is 0 Å². The van der Waals surface area contributed by atoms with Crippen molar-refractivity contribution < 1.29 is 9.13 Å². The number of ether oxygens (including phenoxy) is 1. The first kappa shape index (κ1) is 17.5. The van der Waals surface area contributed by atoms with Crippen LogP contribution in [0.1, 0.15) is 24.2 Å². The van der Waals surface area contributed by atoms with Gasteiger partial charge in [-0.15, -0.1) is 0 Å². The smallest absolute Gasteiger partial charge is 0.186 e. The summed E-state index contributed by atoms with van der Waals surface area (Å²) in [5.41, 5.74) is 1.06. The Hall–Kier alpha value is -1.89. The van der Waals surface area contributed by atoms with Crippen LogP contribution in [-0.2, 0) is 16.9 Å². The molecule has 0 bridgehead atoms. The fourth-order valence-corrected chi connectivity index (χ4v) is 4.03. The molecule has 2 aromatic carbocycles. The maximum absolute atomic E-state index is 13.9. The molecule has 26 heavy (non-hydrogen) atoms. The van der Waals surface area contributed by atoms with Crippen molar-refractivity contribution in [3.8, 4) is 0 Å². The van der Waals surface area contributed by atoms with Gasteiger partial charge in [0.1, 0.15) is 23.8 Å². The average Bonchev–Trinajstić information content (AvgIpc) is 3.20. The van der Waals surface area contributed by atoms with Gasteiger partial charge in [-0.05, 0) is 41.1 Å². The molecule has 0 N–H and O–H groups in total. The highest BCUT2D eigenvalue weighted by Gasteiger charge is 2.59. The van der Waals surface area contributed by atoms with Crippen molar-refractivity contribution in [1.82, 2.24) is 14.8 Å².